The van der Waals surface area contributed by atoms with E-state index in [-0.39, 0.29) is 5.41 Å². The second-order valence-electron chi connectivity index (χ2n) is 7.72. The Morgan fingerprint density at radius 1 is 0.821 bits per heavy atom. The smallest absolute Gasteiger partial charge is 0.135 e. The molecule has 2 nitrogen and oxygen atoms in total. The molecule has 140 valence electrons. The maximum Gasteiger partial charge on any atom is 0.135 e. The minimum absolute atomic E-state index is 0.137. The molecular weight excluding hydrogens is 340 g/mol. The van der Waals surface area contributed by atoms with Gasteiger partial charge < -0.3 is 0 Å². The average Bonchev–Trinajstić information content (AvgIpc) is 2.72. The molecule has 0 atom stereocenters. The SMILES string of the molecule is C=C/C=C(\C=C)c1ccc(-c2cc(-c3ccccc3)nc(C(C)(C)C)n2)cc1. The van der Waals surface area contributed by atoms with Gasteiger partial charge in [-0.25, -0.2) is 9.97 Å². The van der Waals surface area contributed by atoms with Crippen molar-refractivity contribution in [2.24, 2.45) is 0 Å². The summed E-state index contributed by atoms with van der Waals surface area (Å²) in [5.74, 6) is 0.839. The molecule has 0 amide bonds. The van der Waals surface area contributed by atoms with Crippen LogP contribution >= 0.6 is 0 Å². The molecule has 3 rings (SSSR count). The van der Waals surface area contributed by atoms with E-state index < -0.39 is 0 Å². The van der Waals surface area contributed by atoms with Crippen LogP contribution in [0.15, 0.2) is 92.0 Å². The zero-order chi connectivity index (χ0) is 20.1. The summed E-state index contributed by atoms with van der Waals surface area (Å²) in [5.41, 5.74) is 6.04. The summed E-state index contributed by atoms with van der Waals surface area (Å²) in [4.78, 5) is 9.71. The van der Waals surface area contributed by atoms with E-state index in [4.69, 9.17) is 9.97 Å². The van der Waals surface area contributed by atoms with Gasteiger partial charge in [0.05, 0.1) is 11.4 Å². The molecule has 0 spiro atoms. The number of hydrogen-bond acceptors (Lipinski definition) is 2. The minimum Gasteiger partial charge on any atom is -0.232 e. The third-order valence-electron chi connectivity index (χ3n) is 4.50. The highest BCUT2D eigenvalue weighted by molar-refractivity contribution is 5.76. The Hall–Kier alpha value is -3.26. The summed E-state index contributed by atoms with van der Waals surface area (Å²) >= 11 is 0. The fourth-order valence-corrected chi connectivity index (χ4v) is 2.93. The molecule has 0 saturated carbocycles. The van der Waals surface area contributed by atoms with Gasteiger partial charge in [-0.3, -0.25) is 0 Å². The van der Waals surface area contributed by atoms with Gasteiger partial charge in [-0.05, 0) is 17.2 Å². The van der Waals surface area contributed by atoms with E-state index >= 15 is 0 Å². The lowest BCUT2D eigenvalue weighted by Gasteiger charge is -2.19. The highest BCUT2D eigenvalue weighted by Gasteiger charge is 2.20. The molecule has 0 saturated heterocycles. The van der Waals surface area contributed by atoms with E-state index in [0.29, 0.717) is 0 Å². The van der Waals surface area contributed by atoms with Gasteiger partial charge in [-0.2, -0.15) is 0 Å². The number of rotatable bonds is 5. The summed E-state index contributed by atoms with van der Waals surface area (Å²) in [7, 11) is 0. The maximum absolute atomic E-state index is 4.87. The number of allylic oxidation sites excluding steroid dienone is 4. The van der Waals surface area contributed by atoms with E-state index in [1.165, 1.54) is 0 Å². The fraction of sp³-hybridized carbons (Fsp3) is 0.154. The molecule has 28 heavy (non-hydrogen) atoms. The van der Waals surface area contributed by atoms with Crippen LogP contribution in [-0.2, 0) is 5.41 Å². The Balaban J connectivity index is 2.09. The molecule has 0 bridgehead atoms. The van der Waals surface area contributed by atoms with Crippen LogP contribution in [0.1, 0.15) is 32.2 Å². The van der Waals surface area contributed by atoms with Crippen LogP contribution in [0.2, 0.25) is 0 Å². The van der Waals surface area contributed by atoms with Gasteiger partial charge in [0.1, 0.15) is 5.82 Å². The van der Waals surface area contributed by atoms with E-state index in [2.05, 4.69) is 76.4 Å². The van der Waals surface area contributed by atoms with Crippen LogP contribution in [-0.4, -0.2) is 9.97 Å². The van der Waals surface area contributed by atoms with Crippen molar-refractivity contribution in [1.29, 1.82) is 0 Å². The Morgan fingerprint density at radius 2 is 1.39 bits per heavy atom. The Labute approximate surface area is 168 Å². The molecule has 0 radical (unpaired) electrons. The van der Waals surface area contributed by atoms with Crippen LogP contribution in [0.3, 0.4) is 0 Å². The van der Waals surface area contributed by atoms with E-state index in [9.17, 15) is 0 Å². The lowest BCUT2D eigenvalue weighted by Crippen LogP contribution is -2.17. The minimum atomic E-state index is -0.137. The first-order valence-corrected chi connectivity index (χ1v) is 9.43. The lowest BCUT2D eigenvalue weighted by molar-refractivity contribution is 0.547. The van der Waals surface area contributed by atoms with Crippen LogP contribution in [0, 0.1) is 0 Å². The monoisotopic (exact) mass is 366 g/mol. The van der Waals surface area contributed by atoms with Crippen molar-refractivity contribution < 1.29 is 0 Å². The zero-order valence-electron chi connectivity index (χ0n) is 16.8. The normalized spacial score (nSPS) is 11.9. The summed E-state index contributed by atoms with van der Waals surface area (Å²) < 4.78 is 0. The standard InChI is InChI=1S/C26H26N2/c1-6-11-19(7-2)20-14-16-22(17-15-20)24-18-23(21-12-9-8-10-13-21)27-25(28-24)26(3,4)5/h6-18H,1-2H2,3-5H3/b19-11+. The second-order valence-corrected chi connectivity index (χ2v) is 7.72. The van der Waals surface area contributed by atoms with Gasteiger partial charge in [-0.15, -0.1) is 0 Å². The molecule has 0 N–H and O–H groups in total. The van der Waals surface area contributed by atoms with Crippen molar-refractivity contribution in [2.75, 3.05) is 0 Å². The van der Waals surface area contributed by atoms with Crippen molar-refractivity contribution >= 4 is 5.57 Å². The number of benzene rings is 2. The van der Waals surface area contributed by atoms with Gasteiger partial charge >= 0.3 is 0 Å². The number of nitrogens with zero attached hydrogens (tertiary/aromatic N) is 2. The lowest BCUT2D eigenvalue weighted by atomic mass is 9.94. The van der Waals surface area contributed by atoms with Gasteiger partial charge in [0, 0.05) is 16.5 Å². The van der Waals surface area contributed by atoms with Crippen molar-refractivity contribution in [3.63, 3.8) is 0 Å². The zero-order valence-corrected chi connectivity index (χ0v) is 16.8. The number of aromatic nitrogens is 2. The molecule has 1 heterocycles. The summed E-state index contributed by atoms with van der Waals surface area (Å²) in [6.07, 6.45) is 5.57. The number of hydrogen-bond donors (Lipinski definition) is 0. The van der Waals surface area contributed by atoms with Crippen molar-refractivity contribution in [3.8, 4) is 22.5 Å². The molecule has 0 aliphatic carbocycles. The van der Waals surface area contributed by atoms with Gasteiger partial charge in [0.15, 0.2) is 0 Å². The van der Waals surface area contributed by atoms with Crippen LogP contribution in [0.4, 0.5) is 0 Å². The van der Waals surface area contributed by atoms with E-state index in [1.807, 2.05) is 30.4 Å². The van der Waals surface area contributed by atoms with Crippen molar-refractivity contribution in [1.82, 2.24) is 9.97 Å². The maximum atomic E-state index is 4.87. The summed E-state index contributed by atoms with van der Waals surface area (Å²) in [6, 6.07) is 20.7. The summed E-state index contributed by atoms with van der Waals surface area (Å²) in [5, 5.41) is 0. The predicted octanol–water partition coefficient (Wildman–Crippen LogP) is 6.86. The van der Waals surface area contributed by atoms with Gasteiger partial charge in [-0.1, -0.05) is 107 Å². The van der Waals surface area contributed by atoms with Gasteiger partial charge in [0.2, 0.25) is 0 Å². The Bertz CT molecular complexity index is 1000. The Morgan fingerprint density at radius 3 is 1.89 bits per heavy atom. The molecule has 0 unspecified atom stereocenters. The topological polar surface area (TPSA) is 25.8 Å². The highest BCUT2D eigenvalue weighted by Crippen LogP contribution is 2.29. The molecule has 0 fully saturated rings. The first kappa shape index (κ1) is 19.5. The third kappa shape index (κ3) is 4.34. The molecule has 1 aromatic heterocycles. The largest absolute Gasteiger partial charge is 0.232 e. The van der Waals surface area contributed by atoms with Crippen molar-refractivity contribution in [3.05, 3.63) is 103 Å². The van der Waals surface area contributed by atoms with Crippen LogP contribution in [0.5, 0.6) is 0 Å². The van der Waals surface area contributed by atoms with Crippen LogP contribution in [0.25, 0.3) is 28.1 Å². The molecular formula is C26H26N2. The molecule has 0 aliphatic rings. The van der Waals surface area contributed by atoms with E-state index in [0.717, 1.165) is 39.5 Å². The average molecular weight is 367 g/mol. The van der Waals surface area contributed by atoms with E-state index in [1.54, 1.807) is 6.08 Å². The first-order chi connectivity index (χ1) is 13.4. The highest BCUT2D eigenvalue weighted by atomic mass is 14.9. The molecule has 2 aromatic carbocycles. The third-order valence-corrected chi connectivity index (χ3v) is 4.50. The van der Waals surface area contributed by atoms with Crippen LogP contribution < -0.4 is 0 Å². The predicted molar refractivity (Wildman–Crippen MR) is 120 cm³/mol. The summed E-state index contributed by atoms with van der Waals surface area (Å²) in [6.45, 7) is 14.1. The molecule has 2 heteroatoms. The fourth-order valence-electron chi connectivity index (χ4n) is 2.93. The quantitative estimate of drug-likeness (QED) is 0.461. The molecule has 0 aliphatic heterocycles. The first-order valence-electron chi connectivity index (χ1n) is 9.43. The Kier molecular flexibility index (Phi) is 5.70. The molecule has 3 aromatic rings. The van der Waals surface area contributed by atoms with Crippen molar-refractivity contribution in [2.45, 2.75) is 26.2 Å². The second kappa shape index (κ2) is 8.18. The van der Waals surface area contributed by atoms with Gasteiger partial charge in [0.25, 0.3) is 0 Å².